The second-order valence-electron chi connectivity index (χ2n) is 5.74. The highest BCUT2D eigenvalue weighted by Gasteiger charge is 2.28. The van der Waals surface area contributed by atoms with E-state index in [-0.39, 0.29) is 24.4 Å². The molecular weight excluding hydrogens is 322 g/mol. The third-order valence-corrected chi connectivity index (χ3v) is 4.00. The van der Waals surface area contributed by atoms with Crippen molar-refractivity contribution in [2.45, 2.75) is 32.4 Å². The molecule has 0 aromatic heterocycles. The zero-order chi connectivity index (χ0) is 17.7. The highest BCUT2D eigenvalue weighted by molar-refractivity contribution is 5.77. The van der Waals surface area contributed by atoms with Gasteiger partial charge >= 0.3 is 18.6 Å². The molecule has 0 bridgehead atoms. The summed E-state index contributed by atoms with van der Waals surface area (Å²) in [6, 6.07) is 5.33. The molecule has 0 spiro atoms. The molecule has 8 heteroatoms. The van der Waals surface area contributed by atoms with Crippen LogP contribution in [0.5, 0.6) is 5.75 Å². The lowest BCUT2D eigenvalue weighted by molar-refractivity contribution is -0.143. The number of likely N-dealkylation sites (tertiary alicyclic amines) is 1. The molecule has 2 amide bonds. The number of piperidine rings is 1. The van der Waals surface area contributed by atoms with Gasteiger partial charge in [-0.25, -0.2) is 4.79 Å². The Morgan fingerprint density at radius 1 is 1.33 bits per heavy atom. The SMILES string of the molecule is CC(NC(=O)N1CCCC(C(=O)O)C1)c1ccc(OC(F)F)cc1. The van der Waals surface area contributed by atoms with Crippen molar-refractivity contribution >= 4 is 12.0 Å². The van der Waals surface area contributed by atoms with Gasteiger partial charge in [-0.2, -0.15) is 8.78 Å². The maximum absolute atomic E-state index is 12.3. The van der Waals surface area contributed by atoms with Crippen LogP contribution in [0, 0.1) is 5.92 Å². The first-order valence-corrected chi connectivity index (χ1v) is 7.70. The number of aliphatic carboxylic acids is 1. The Morgan fingerprint density at radius 3 is 2.58 bits per heavy atom. The van der Waals surface area contributed by atoms with E-state index < -0.39 is 18.5 Å². The molecule has 2 unspecified atom stereocenters. The van der Waals surface area contributed by atoms with Crippen LogP contribution in [0.25, 0.3) is 0 Å². The summed E-state index contributed by atoms with van der Waals surface area (Å²) >= 11 is 0. The van der Waals surface area contributed by atoms with Gasteiger partial charge in [-0.05, 0) is 37.5 Å². The van der Waals surface area contributed by atoms with E-state index in [4.69, 9.17) is 5.11 Å². The topological polar surface area (TPSA) is 78.9 Å². The quantitative estimate of drug-likeness (QED) is 0.862. The number of carboxylic acid groups (broad SMARTS) is 1. The summed E-state index contributed by atoms with van der Waals surface area (Å²) in [6.07, 6.45) is 1.22. The van der Waals surface area contributed by atoms with Gasteiger partial charge in [-0.3, -0.25) is 4.79 Å². The summed E-state index contributed by atoms with van der Waals surface area (Å²) in [4.78, 5) is 24.8. The first-order chi connectivity index (χ1) is 11.4. The molecule has 6 nitrogen and oxygen atoms in total. The number of carbonyl (C=O) groups excluding carboxylic acids is 1. The molecule has 0 radical (unpaired) electrons. The van der Waals surface area contributed by atoms with Crippen molar-refractivity contribution in [1.29, 1.82) is 0 Å². The highest BCUT2D eigenvalue weighted by atomic mass is 19.3. The van der Waals surface area contributed by atoms with Crippen molar-refractivity contribution in [1.82, 2.24) is 10.2 Å². The van der Waals surface area contributed by atoms with E-state index in [1.807, 2.05) is 0 Å². The van der Waals surface area contributed by atoms with Crippen LogP contribution >= 0.6 is 0 Å². The molecule has 24 heavy (non-hydrogen) atoms. The van der Waals surface area contributed by atoms with Crippen LogP contribution in [-0.4, -0.2) is 41.7 Å². The number of carboxylic acids is 1. The fourth-order valence-electron chi connectivity index (χ4n) is 2.66. The number of ether oxygens (including phenoxy) is 1. The average Bonchev–Trinajstić information content (AvgIpc) is 2.55. The van der Waals surface area contributed by atoms with Crippen molar-refractivity contribution in [3.63, 3.8) is 0 Å². The molecule has 1 aliphatic rings. The number of alkyl halides is 2. The number of rotatable bonds is 5. The lowest BCUT2D eigenvalue weighted by atomic mass is 9.98. The Kier molecular flexibility index (Phi) is 5.94. The molecule has 2 N–H and O–H groups in total. The van der Waals surface area contributed by atoms with Crippen LogP contribution in [0.3, 0.4) is 0 Å². The number of halogens is 2. The number of hydrogen-bond donors (Lipinski definition) is 2. The van der Waals surface area contributed by atoms with Crippen LogP contribution < -0.4 is 10.1 Å². The first-order valence-electron chi connectivity index (χ1n) is 7.70. The van der Waals surface area contributed by atoms with Crippen LogP contribution in [0.15, 0.2) is 24.3 Å². The summed E-state index contributed by atoms with van der Waals surface area (Å²) < 4.78 is 28.5. The molecule has 1 aromatic carbocycles. The number of amides is 2. The van der Waals surface area contributed by atoms with Crippen molar-refractivity contribution in [3.05, 3.63) is 29.8 Å². The van der Waals surface area contributed by atoms with Crippen molar-refractivity contribution in [2.75, 3.05) is 13.1 Å². The van der Waals surface area contributed by atoms with Gasteiger partial charge in [0, 0.05) is 13.1 Å². The molecule has 0 saturated carbocycles. The van der Waals surface area contributed by atoms with E-state index in [1.165, 1.54) is 17.0 Å². The van der Waals surface area contributed by atoms with Crippen molar-refractivity contribution in [3.8, 4) is 5.75 Å². The number of nitrogens with one attached hydrogen (secondary N) is 1. The third kappa shape index (κ3) is 4.81. The molecule has 1 heterocycles. The Bertz CT molecular complexity index is 580. The van der Waals surface area contributed by atoms with Gasteiger partial charge in [0.2, 0.25) is 0 Å². The minimum Gasteiger partial charge on any atom is -0.481 e. The molecule has 1 fully saturated rings. The summed E-state index contributed by atoms with van der Waals surface area (Å²) in [6.45, 7) is -0.410. The Labute approximate surface area is 138 Å². The van der Waals surface area contributed by atoms with Gasteiger partial charge in [0.05, 0.1) is 12.0 Å². The zero-order valence-corrected chi connectivity index (χ0v) is 13.2. The second-order valence-corrected chi connectivity index (χ2v) is 5.74. The fraction of sp³-hybridized carbons (Fsp3) is 0.500. The van der Waals surface area contributed by atoms with Gasteiger partial charge in [-0.1, -0.05) is 12.1 Å². The van der Waals surface area contributed by atoms with E-state index in [9.17, 15) is 18.4 Å². The van der Waals surface area contributed by atoms with Gasteiger partial charge in [-0.15, -0.1) is 0 Å². The molecule has 2 rings (SSSR count). The Morgan fingerprint density at radius 2 is 2.00 bits per heavy atom. The van der Waals surface area contributed by atoms with Crippen molar-refractivity contribution < 1.29 is 28.2 Å². The van der Waals surface area contributed by atoms with Crippen LogP contribution in [-0.2, 0) is 4.79 Å². The zero-order valence-electron chi connectivity index (χ0n) is 13.2. The maximum Gasteiger partial charge on any atom is 0.387 e. The normalized spacial score (nSPS) is 19.0. The van der Waals surface area contributed by atoms with Crippen LogP contribution in [0.2, 0.25) is 0 Å². The number of hydrogen-bond acceptors (Lipinski definition) is 3. The minimum absolute atomic E-state index is 0.0487. The Balaban J connectivity index is 1.92. The van der Waals surface area contributed by atoms with E-state index in [0.717, 1.165) is 5.56 Å². The average molecular weight is 342 g/mol. The van der Waals surface area contributed by atoms with E-state index in [0.29, 0.717) is 19.4 Å². The summed E-state index contributed by atoms with van der Waals surface area (Å²) in [5.41, 5.74) is 0.733. The van der Waals surface area contributed by atoms with Crippen LogP contribution in [0.1, 0.15) is 31.4 Å². The lowest BCUT2D eigenvalue weighted by Gasteiger charge is -2.31. The molecule has 1 saturated heterocycles. The predicted octanol–water partition coefficient (Wildman–Crippen LogP) is 2.86. The summed E-state index contributed by atoms with van der Waals surface area (Å²) in [7, 11) is 0. The smallest absolute Gasteiger partial charge is 0.387 e. The van der Waals surface area contributed by atoms with Gasteiger partial charge in [0.25, 0.3) is 0 Å². The summed E-state index contributed by atoms with van der Waals surface area (Å²) in [5.74, 6) is -1.38. The van der Waals surface area contributed by atoms with Gasteiger partial charge < -0.3 is 20.1 Å². The van der Waals surface area contributed by atoms with E-state index >= 15 is 0 Å². The number of nitrogens with zero attached hydrogens (tertiary/aromatic N) is 1. The van der Waals surface area contributed by atoms with E-state index in [1.54, 1.807) is 19.1 Å². The molecule has 1 aromatic rings. The monoisotopic (exact) mass is 342 g/mol. The van der Waals surface area contributed by atoms with E-state index in [2.05, 4.69) is 10.1 Å². The molecule has 132 valence electrons. The fourth-order valence-corrected chi connectivity index (χ4v) is 2.66. The standard InChI is InChI=1S/C16H20F2N2O4/c1-10(11-4-6-13(7-5-11)24-15(17)18)19-16(23)20-8-2-3-12(9-20)14(21)22/h4-7,10,12,15H,2-3,8-9H2,1H3,(H,19,23)(H,21,22). The largest absolute Gasteiger partial charge is 0.481 e. The highest BCUT2D eigenvalue weighted by Crippen LogP contribution is 2.21. The first kappa shape index (κ1) is 18.0. The lowest BCUT2D eigenvalue weighted by Crippen LogP contribution is -2.47. The minimum atomic E-state index is -2.88. The molecule has 0 aliphatic carbocycles. The maximum atomic E-state index is 12.3. The summed E-state index contributed by atoms with van der Waals surface area (Å²) in [5, 5.41) is 11.9. The van der Waals surface area contributed by atoms with Gasteiger partial charge in [0.15, 0.2) is 0 Å². The number of urea groups is 1. The van der Waals surface area contributed by atoms with Crippen molar-refractivity contribution in [2.24, 2.45) is 5.92 Å². The predicted molar refractivity (Wildman–Crippen MR) is 82.0 cm³/mol. The van der Waals surface area contributed by atoms with Gasteiger partial charge in [0.1, 0.15) is 5.75 Å². The number of benzene rings is 1. The van der Waals surface area contributed by atoms with Crippen LogP contribution in [0.4, 0.5) is 13.6 Å². The second kappa shape index (κ2) is 7.94. The Hall–Kier alpha value is -2.38. The number of carbonyl (C=O) groups is 2. The molecular formula is C16H20F2N2O4. The third-order valence-electron chi connectivity index (χ3n) is 4.00. The molecule has 1 aliphatic heterocycles. The molecule has 2 atom stereocenters.